The van der Waals surface area contributed by atoms with E-state index in [2.05, 4.69) is 10.1 Å². The molecule has 0 amide bonds. The number of carbonyl (C=O) groups excluding carboxylic acids is 1. The maximum absolute atomic E-state index is 13.9. The molecule has 1 unspecified atom stereocenters. The van der Waals surface area contributed by atoms with Crippen molar-refractivity contribution in [2.24, 2.45) is 0 Å². The molecule has 0 spiro atoms. The van der Waals surface area contributed by atoms with Gasteiger partial charge in [0.15, 0.2) is 0 Å². The van der Waals surface area contributed by atoms with Crippen LogP contribution in [0.2, 0.25) is 0 Å². The van der Waals surface area contributed by atoms with Crippen LogP contribution in [0.5, 0.6) is 0 Å². The van der Waals surface area contributed by atoms with Crippen LogP contribution in [0.15, 0.2) is 0 Å². The normalized spacial score (nSPS) is 21.9. The molecule has 0 aromatic carbocycles. The molecule has 3 atom stereocenters. The fraction of sp³-hybridized carbons (Fsp3) is 0.933. The van der Waals surface area contributed by atoms with Crippen molar-refractivity contribution in [2.75, 3.05) is 20.4 Å². The summed E-state index contributed by atoms with van der Waals surface area (Å²) >= 11 is 0. The predicted octanol–water partition coefficient (Wildman–Crippen LogP) is 1.51. The first-order chi connectivity index (χ1) is 10.4. The van der Waals surface area contributed by atoms with Crippen LogP contribution in [0.1, 0.15) is 46.0 Å². The van der Waals surface area contributed by atoms with Gasteiger partial charge in [0.1, 0.15) is 24.9 Å². The van der Waals surface area contributed by atoms with E-state index in [1.165, 1.54) is 13.3 Å². The van der Waals surface area contributed by atoms with Crippen molar-refractivity contribution < 1.29 is 28.5 Å². The summed E-state index contributed by atoms with van der Waals surface area (Å²) in [5.41, 5.74) is 0. The molecule has 0 aromatic heterocycles. The largest absolute Gasteiger partial charge is 0.461 e. The third kappa shape index (κ3) is 6.16. The molecule has 7 heteroatoms. The molecule has 22 heavy (non-hydrogen) atoms. The van der Waals surface area contributed by atoms with Crippen LogP contribution < -0.4 is 5.32 Å². The lowest BCUT2D eigenvalue weighted by molar-refractivity contribution is -0.216. The summed E-state index contributed by atoms with van der Waals surface area (Å²) in [7, 11) is 1.16. The van der Waals surface area contributed by atoms with Crippen molar-refractivity contribution in [1.82, 2.24) is 5.32 Å². The van der Waals surface area contributed by atoms with Gasteiger partial charge in [0.25, 0.3) is 5.85 Å². The Morgan fingerprint density at radius 3 is 2.55 bits per heavy atom. The van der Waals surface area contributed by atoms with Crippen LogP contribution in [0.4, 0.5) is 4.39 Å². The van der Waals surface area contributed by atoms with E-state index >= 15 is 0 Å². The molecule has 1 rings (SSSR count). The zero-order valence-electron chi connectivity index (χ0n) is 13.6. The van der Waals surface area contributed by atoms with E-state index in [-0.39, 0.29) is 18.8 Å². The number of methoxy groups -OCH3 is 1. The van der Waals surface area contributed by atoms with Crippen molar-refractivity contribution in [1.29, 1.82) is 0 Å². The maximum Gasteiger partial charge on any atom is 0.323 e. The Hall–Kier alpha value is -0.760. The molecule has 0 bridgehead atoms. The molecule has 6 nitrogen and oxygen atoms in total. The Morgan fingerprint density at radius 1 is 1.36 bits per heavy atom. The Labute approximate surface area is 131 Å². The van der Waals surface area contributed by atoms with Gasteiger partial charge in [-0.2, -0.15) is 0 Å². The van der Waals surface area contributed by atoms with E-state index in [1.807, 2.05) is 0 Å². The van der Waals surface area contributed by atoms with Crippen molar-refractivity contribution in [2.45, 2.75) is 70.1 Å². The summed E-state index contributed by atoms with van der Waals surface area (Å²) in [5, 5.41) is 12.1. The molecule has 1 saturated carbocycles. The molecule has 0 heterocycles. The number of alkyl halides is 1. The number of rotatable bonds is 9. The number of hydrogen-bond donors (Lipinski definition) is 2. The Bertz CT molecular complexity index is 336. The lowest BCUT2D eigenvalue weighted by Gasteiger charge is -2.27. The van der Waals surface area contributed by atoms with Gasteiger partial charge in [-0.25, -0.2) is 4.39 Å². The number of aliphatic hydroxyl groups excluding tert-OH is 1. The van der Waals surface area contributed by atoms with Crippen LogP contribution in [0.3, 0.4) is 0 Å². The number of nitrogens with one attached hydrogen (secondary N) is 1. The second kappa shape index (κ2) is 9.39. The van der Waals surface area contributed by atoms with E-state index in [4.69, 9.17) is 9.47 Å². The third-order valence-electron chi connectivity index (χ3n) is 3.94. The highest BCUT2D eigenvalue weighted by Crippen LogP contribution is 2.20. The Kier molecular flexibility index (Phi) is 8.24. The highest BCUT2D eigenvalue weighted by Gasteiger charge is 2.35. The molecule has 130 valence electrons. The molecule has 2 N–H and O–H groups in total. The van der Waals surface area contributed by atoms with Crippen molar-refractivity contribution in [3.63, 3.8) is 0 Å². The molecule has 0 aromatic rings. The van der Waals surface area contributed by atoms with E-state index in [1.54, 1.807) is 6.92 Å². The quantitative estimate of drug-likeness (QED) is 0.381. The summed E-state index contributed by atoms with van der Waals surface area (Å²) < 4.78 is 29.0. The Morgan fingerprint density at radius 2 is 2.00 bits per heavy atom. The van der Waals surface area contributed by atoms with Crippen molar-refractivity contribution >= 4 is 5.97 Å². The van der Waals surface area contributed by atoms with Gasteiger partial charge < -0.3 is 19.3 Å². The summed E-state index contributed by atoms with van der Waals surface area (Å²) in [6, 6.07) is -0.537. The number of aliphatic hydroxyl groups is 1. The second-order valence-electron chi connectivity index (χ2n) is 5.78. The number of halogens is 1. The van der Waals surface area contributed by atoms with Gasteiger partial charge >= 0.3 is 5.97 Å². The number of hydrogen-bond acceptors (Lipinski definition) is 6. The van der Waals surface area contributed by atoms with Crippen LogP contribution in [-0.2, 0) is 19.0 Å². The third-order valence-corrected chi connectivity index (χ3v) is 3.94. The average molecular weight is 321 g/mol. The molecular formula is C15H28FNO5. The zero-order valence-corrected chi connectivity index (χ0v) is 13.6. The van der Waals surface area contributed by atoms with Crippen LogP contribution in [-0.4, -0.2) is 55.6 Å². The van der Waals surface area contributed by atoms with E-state index < -0.39 is 24.6 Å². The van der Waals surface area contributed by atoms with Crippen molar-refractivity contribution in [3.05, 3.63) is 0 Å². The fourth-order valence-electron chi connectivity index (χ4n) is 2.26. The standard InChI is InChI=1S/C15H28FNO5/c1-11(14(19)22-13-7-5-4-6-8-13)17-10-21-9-15(16,20-3)12(2)18/h11-13,17-18H,4-10H2,1-3H3/t11?,12-,15+/m0/s1. The van der Waals surface area contributed by atoms with Gasteiger partial charge in [0.2, 0.25) is 0 Å². The first kappa shape index (κ1) is 19.3. The molecule has 1 aliphatic carbocycles. The SMILES string of the molecule is CO[C@](F)(COCNC(C)C(=O)OC1CCCCC1)[C@H](C)O. The van der Waals surface area contributed by atoms with E-state index in [9.17, 15) is 14.3 Å². The van der Waals surface area contributed by atoms with E-state index in [0.717, 1.165) is 32.8 Å². The summed E-state index contributed by atoms with van der Waals surface area (Å²) in [4.78, 5) is 11.9. The minimum Gasteiger partial charge on any atom is -0.461 e. The molecule has 0 radical (unpaired) electrons. The minimum absolute atomic E-state index is 0.00800. The van der Waals surface area contributed by atoms with Gasteiger partial charge in [0.05, 0.1) is 6.73 Å². The fourth-order valence-corrected chi connectivity index (χ4v) is 2.26. The molecule has 0 saturated heterocycles. The second-order valence-corrected chi connectivity index (χ2v) is 5.78. The highest BCUT2D eigenvalue weighted by atomic mass is 19.2. The number of esters is 1. The lowest BCUT2D eigenvalue weighted by atomic mass is 9.98. The van der Waals surface area contributed by atoms with Crippen LogP contribution >= 0.6 is 0 Å². The Balaban J connectivity index is 2.21. The average Bonchev–Trinajstić information content (AvgIpc) is 2.51. The summed E-state index contributed by atoms with van der Waals surface area (Å²) in [6.07, 6.45) is 3.92. The van der Waals surface area contributed by atoms with Gasteiger partial charge in [-0.15, -0.1) is 0 Å². The van der Waals surface area contributed by atoms with Gasteiger partial charge in [0, 0.05) is 7.11 Å². The smallest absolute Gasteiger partial charge is 0.323 e. The lowest BCUT2D eigenvalue weighted by Crippen LogP contribution is -2.44. The zero-order chi connectivity index (χ0) is 16.6. The van der Waals surface area contributed by atoms with Crippen LogP contribution in [0.25, 0.3) is 0 Å². The molecule has 1 fully saturated rings. The molecular weight excluding hydrogens is 293 g/mol. The number of carbonyl (C=O) groups is 1. The maximum atomic E-state index is 13.9. The van der Waals surface area contributed by atoms with Crippen molar-refractivity contribution in [3.8, 4) is 0 Å². The first-order valence-electron chi connectivity index (χ1n) is 7.83. The first-order valence-corrected chi connectivity index (χ1v) is 7.83. The predicted molar refractivity (Wildman–Crippen MR) is 78.9 cm³/mol. The molecule has 1 aliphatic rings. The monoisotopic (exact) mass is 321 g/mol. The van der Waals surface area contributed by atoms with E-state index in [0.29, 0.717) is 0 Å². The topological polar surface area (TPSA) is 77.0 Å². The van der Waals surface area contributed by atoms with Gasteiger partial charge in [-0.05, 0) is 39.5 Å². The highest BCUT2D eigenvalue weighted by molar-refractivity contribution is 5.75. The van der Waals surface area contributed by atoms with Gasteiger partial charge in [-0.3, -0.25) is 10.1 Å². The van der Waals surface area contributed by atoms with Crippen LogP contribution in [0, 0.1) is 0 Å². The molecule has 0 aliphatic heterocycles. The summed E-state index contributed by atoms with van der Waals surface area (Å²) in [5.74, 6) is -2.59. The summed E-state index contributed by atoms with van der Waals surface area (Å²) in [6.45, 7) is 2.48. The van der Waals surface area contributed by atoms with Gasteiger partial charge in [-0.1, -0.05) is 6.42 Å². The minimum atomic E-state index is -2.26. The number of ether oxygens (including phenoxy) is 3.